The number of aromatic nitrogens is 1. The number of benzene rings is 1. The lowest BCUT2D eigenvalue weighted by Crippen LogP contribution is -2.13. The van der Waals surface area contributed by atoms with Gasteiger partial charge in [-0.25, -0.2) is 9.78 Å². The molecule has 0 fully saturated rings. The van der Waals surface area contributed by atoms with E-state index in [0.29, 0.717) is 18.6 Å². The van der Waals surface area contributed by atoms with Gasteiger partial charge in [0.1, 0.15) is 5.69 Å². The van der Waals surface area contributed by atoms with E-state index >= 15 is 0 Å². The van der Waals surface area contributed by atoms with Gasteiger partial charge in [0.2, 0.25) is 5.91 Å². The molecule has 0 spiro atoms. The Morgan fingerprint density at radius 1 is 1.41 bits per heavy atom. The average molecular weight is 361 g/mol. The maximum Gasteiger partial charge on any atom is 0.356 e. The summed E-state index contributed by atoms with van der Waals surface area (Å²) in [4.78, 5) is 27.6. The van der Waals surface area contributed by atoms with Gasteiger partial charge in [-0.15, -0.1) is 0 Å². The van der Waals surface area contributed by atoms with Crippen LogP contribution in [-0.2, 0) is 11.2 Å². The first kappa shape index (κ1) is 14.7. The first-order chi connectivity index (χ1) is 10.5. The molecule has 112 valence electrons. The smallest absolute Gasteiger partial charge is 0.356 e. The van der Waals surface area contributed by atoms with Crippen molar-refractivity contribution >= 4 is 27.8 Å². The number of ether oxygens (including phenoxy) is 1. The Morgan fingerprint density at radius 2 is 2.18 bits per heavy atom. The van der Waals surface area contributed by atoms with E-state index in [-0.39, 0.29) is 5.69 Å². The van der Waals surface area contributed by atoms with Gasteiger partial charge in [-0.3, -0.25) is 4.79 Å². The molecular weight excluding hydrogens is 348 g/mol. The summed E-state index contributed by atoms with van der Waals surface area (Å²) in [7, 11) is 0. The summed E-state index contributed by atoms with van der Waals surface area (Å²) in [6.45, 7) is 2.04. The van der Waals surface area contributed by atoms with Gasteiger partial charge in [-0.2, -0.15) is 0 Å². The molecule has 1 aliphatic carbocycles. The van der Waals surface area contributed by atoms with E-state index in [0.717, 1.165) is 26.7 Å². The van der Waals surface area contributed by atoms with Crippen molar-refractivity contribution in [2.75, 3.05) is 6.61 Å². The Labute approximate surface area is 135 Å². The normalized spacial score (nSPS) is 11.7. The molecule has 0 unspecified atom stereocenters. The van der Waals surface area contributed by atoms with Crippen molar-refractivity contribution in [2.45, 2.75) is 13.3 Å². The van der Waals surface area contributed by atoms with E-state index in [4.69, 9.17) is 10.5 Å². The van der Waals surface area contributed by atoms with Crippen LogP contribution in [0.25, 0.3) is 11.1 Å². The highest BCUT2D eigenvalue weighted by atomic mass is 79.9. The fourth-order valence-electron chi connectivity index (χ4n) is 2.69. The van der Waals surface area contributed by atoms with Gasteiger partial charge >= 0.3 is 5.97 Å². The number of hydrogen-bond acceptors (Lipinski definition) is 4. The first-order valence-corrected chi connectivity index (χ1v) is 7.59. The monoisotopic (exact) mass is 360 g/mol. The Bertz CT molecular complexity index is 802. The van der Waals surface area contributed by atoms with E-state index in [1.807, 2.05) is 0 Å². The maximum absolute atomic E-state index is 11.8. The summed E-state index contributed by atoms with van der Waals surface area (Å²) < 4.78 is 5.83. The molecule has 1 aromatic heterocycles. The second kappa shape index (κ2) is 5.53. The number of pyridine rings is 1. The number of esters is 1. The lowest BCUT2D eigenvalue weighted by Gasteiger charge is -2.08. The quantitative estimate of drug-likeness (QED) is 0.728. The number of fused-ring (bicyclic) bond motifs is 3. The molecule has 1 amide bonds. The van der Waals surface area contributed by atoms with Gasteiger partial charge in [0.05, 0.1) is 6.61 Å². The number of primary amides is 1. The highest BCUT2D eigenvalue weighted by Crippen LogP contribution is 2.42. The number of nitrogens with two attached hydrogens (primary N) is 1. The first-order valence-electron chi connectivity index (χ1n) is 6.80. The van der Waals surface area contributed by atoms with E-state index in [1.54, 1.807) is 31.3 Å². The average Bonchev–Trinajstić information content (AvgIpc) is 2.86. The molecule has 1 aliphatic rings. The minimum absolute atomic E-state index is 0.254. The zero-order chi connectivity index (χ0) is 15.9. The lowest BCUT2D eigenvalue weighted by atomic mass is 10.0. The Kier molecular flexibility index (Phi) is 3.70. The van der Waals surface area contributed by atoms with Crippen molar-refractivity contribution in [3.05, 3.63) is 51.3 Å². The minimum Gasteiger partial charge on any atom is -0.461 e. The van der Waals surface area contributed by atoms with Crippen molar-refractivity contribution in [3.63, 3.8) is 0 Å². The number of carbonyl (C=O) groups excluding carboxylic acids is 2. The molecule has 0 saturated heterocycles. The van der Waals surface area contributed by atoms with Crippen molar-refractivity contribution in [2.24, 2.45) is 5.73 Å². The zero-order valence-corrected chi connectivity index (χ0v) is 13.4. The SMILES string of the molecule is CCOC(=O)c1cc2c(cn1)Cc1c(C(N)=O)ccc(Br)c1-2. The molecule has 3 rings (SSSR count). The molecule has 6 heteroatoms. The van der Waals surface area contributed by atoms with Crippen LogP contribution in [0, 0.1) is 0 Å². The molecule has 5 nitrogen and oxygen atoms in total. The van der Waals surface area contributed by atoms with Crippen LogP contribution in [0.1, 0.15) is 38.9 Å². The number of rotatable bonds is 3. The number of amides is 1. The summed E-state index contributed by atoms with van der Waals surface area (Å²) in [6.07, 6.45) is 2.22. The second-order valence-electron chi connectivity index (χ2n) is 4.94. The summed E-state index contributed by atoms with van der Waals surface area (Å²) in [5, 5.41) is 0. The zero-order valence-electron chi connectivity index (χ0n) is 11.9. The van der Waals surface area contributed by atoms with Gasteiger partial charge in [-0.1, -0.05) is 15.9 Å². The van der Waals surface area contributed by atoms with Crippen LogP contribution >= 0.6 is 15.9 Å². The van der Waals surface area contributed by atoms with Gasteiger partial charge in [0.25, 0.3) is 0 Å². The fourth-order valence-corrected chi connectivity index (χ4v) is 3.27. The predicted molar refractivity (Wildman–Crippen MR) is 84.7 cm³/mol. The van der Waals surface area contributed by atoms with Crippen LogP contribution in [0.15, 0.2) is 28.9 Å². The molecule has 0 atom stereocenters. The van der Waals surface area contributed by atoms with Crippen LogP contribution in [0.3, 0.4) is 0 Å². The summed E-state index contributed by atoms with van der Waals surface area (Å²) >= 11 is 3.50. The van der Waals surface area contributed by atoms with E-state index in [9.17, 15) is 9.59 Å². The standard InChI is InChI=1S/C16H13BrN2O3/c1-2-22-16(21)13-6-10-8(7-19-13)5-11-9(15(18)20)3-4-12(17)14(10)11/h3-4,6-7H,2,5H2,1H3,(H2,18,20). The molecule has 2 N–H and O–H groups in total. The van der Waals surface area contributed by atoms with Crippen LogP contribution in [0.2, 0.25) is 0 Å². The highest BCUT2D eigenvalue weighted by Gasteiger charge is 2.27. The number of hydrogen-bond donors (Lipinski definition) is 1. The number of nitrogens with zero attached hydrogens (tertiary/aromatic N) is 1. The molecule has 0 aliphatic heterocycles. The molecule has 22 heavy (non-hydrogen) atoms. The Hall–Kier alpha value is -2.21. The number of halogens is 1. The lowest BCUT2D eigenvalue weighted by molar-refractivity contribution is 0.0519. The van der Waals surface area contributed by atoms with E-state index in [1.165, 1.54) is 0 Å². The summed E-state index contributed by atoms with van der Waals surface area (Å²) in [6, 6.07) is 5.20. The molecule has 1 heterocycles. The third-order valence-corrected chi connectivity index (χ3v) is 4.30. The molecule has 0 radical (unpaired) electrons. The van der Waals surface area contributed by atoms with E-state index < -0.39 is 11.9 Å². The fraction of sp³-hybridized carbons (Fsp3) is 0.188. The van der Waals surface area contributed by atoms with Crippen LogP contribution in [-0.4, -0.2) is 23.5 Å². The maximum atomic E-state index is 11.8. The second-order valence-corrected chi connectivity index (χ2v) is 5.79. The van der Waals surface area contributed by atoms with Crippen molar-refractivity contribution in [1.82, 2.24) is 4.98 Å². The molecule has 1 aromatic carbocycles. The van der Waals surface area contributed by atoms with Crippen LogP contribution in [0.4, 0.5) is 0 Å². The molecule has 0 saturated carbocycles. The minimum atomic E-state index is -0.463. The summed E-state index contributed by atoms with van der Waals surface area (Å²) in [5.41, 5.74) is 9.78. The third kappa shape index (κ3) is 2.29. The molecular formula is C16H13BrN2O3. The molecule has 0 bridgehead atoms. The van der Waals surface area contributed by atoms with Crippen LogP contribution in [0.5, 0.6) is 0 Å². The third-order valence-electron chi connectivity index (χ3n) is 3.64. The predicted octanol–water partition coefficient (Wildman–Crippen LogP) is 2.69. The van der Waals surface area contributed by atoms with Gasteiger partial charge in [0, 0.05) is 28.2 Å². The van der Waals surface area contributed by atoms with Gasteiger partial charge < -0.3 is 10.5 Å². The Balaban J connectivity index is 2.16. The van der Waals surface area contributed by atoms with Gasteiger partial charge in [-0.05, 0) is 41.8 Å². The van der Waals surface area contributed by atoms with Gasteiger partial charge in [0.15, 0.2) is 0 Å². The number of carbonyl (C=O) groups is 2. The topological polar surface area (TPSA) is 82.3 Å². The molecule has 2 aromatic rings. The largest absolute Gasteiger partial charge is 0.461 e. The Morgan fingerprint density at radius 3 is 2.86 bits per heavy atom. The van der Waals surface area contributed by atoms with E-state index in [2.05, 4.69) is 20.9 Å². The highest BCUT2D eigenvalue weighted by molar-refractivity contribution is 9.10. The van der Waals surface area contributed by atoms with Crippen molar-refractivity contribution in [3.8, 4) is 11.1 Å². The van der Waals surface area contributed by atoms with Crippen LogP contribution < -0.4 is 5.73 Å². The van der Waals surface area contributed by atoms with Crippen molar-refractivity contribution < 1.29 is 14.3 Å². The summed E-state index contributed by atoms with van der Waals surface area (Å²) in [5.74, 6) is -0.920. The van der Waals surface area contributed by atoms with Crippen molar-refractivity contribution in [1.29, 1.82) is 0 Å².